The van der Waals surface area contributed by atoms with Gasteiger partial charge in [-0.1, -0.05) is 13.8 Å². The van der Waals surface area contributed by atoms with Gasteiger partial charge in [-0.25, -0.2) is 4.79 Å². The molecule has 2 aliphatic rings. The summed E-state index contributed by atoms with van der Waals surface area (Å²) in [4.78, 5) is 36.3. The predicted molar refractivity (Wildman–Crippen MR) is 95.2 cm³/mol. The van der Waals surface area contributed by atoms with Crippen LogP contribution < -0.4 is 16.0 Å². The van der Waals surface area contributed by atoms with Crippen LogP contribution in [0.25, 0.3) is 0 Å². The monoisotopic (exact) mass is 369 g/mol. The maximum atomic E-state index is 12.6. The van der Waals surface area contributed by atoms with E-state index in [1.165, 1.54) is 0 Å². The van der Waals surface area contributed by atoms with Gasteiger partial charge in [0.1, 0.15) is 12.1 Å². The third-order valence-corrected chi connectivity index (χ3v) is 4.94. The van der Waals surface area contributed by atoms with E-state index < -0.39 is 18.2 Å². The molecule has 0 aromatic heterocycles. The first kappa shape index (κ1) is 20.5. The molecule has 2 rings (SSSR count). The lowest BCUT2D eigenvalue weighted by Gasteiger charge is -2.28. The maximum absolute atomic E-state index is 12.6. The first-order valence-corrected chi connectivity index (χ1v) is 9.55. The van der Waals surface area contributed by atoms with Crippen LogP contribution in [0.5, 0.6) is 0 Å². The average Bonchev–Trinajstić information content (AvgIpc) is 2.94. The Hall–Kier alpha value is -1.83. The Morgan fingerprint density at radius 3 is 2.50 bits per heavy atom. The molecule has 3 amide bonds. The highest BCUT2D eigenvalue weighted by molar-refractivity contribution is 5.86. The molecule has 1 aliphatic heterocycles. The van der Waals surface area contributed by atoms with E-state index in [-0.39, 0.29) is 36.4 Å². The molecule has 0 spiro atoms. The van der Waals surface area contributed by atoms with Crippen LogP contribution in [0.3, 0.4) is 0 Å². The van der Waals surface area contributed by atoms with Crippen LogP contribution in [0, 0.1) is 11.8 Å². The minimum atomic E-state index is -0.728. The van der Waals surface area contributed by atoms with Crippen molar-refractivity contribution in [1.82, 2.24) is 16.0 Å². The van der Waals surface area contributed by atoms with Crippen LogP contribution in [-0.2, 0) is 14.3 Å². The number of nitrogens with one attached hydrogen (secondary N) is 3. The molecule has 26 heavy (non-hydrogen) atoms. The SMILES string of the molecule is CC(C)C[C@H](NC(=O)OC1CCC1)C(=O)N[C@H](CO)C[C@@H]1CCNC1=O. The van der Waals surface area contributed by atoms with Crippen LogP contribution in [0.15, 0.2) is 0 Å². The number of rotatable bonds is 9. The molecule has 148 valence electrons. The molecule has 0 bridgehead atoms. The van der Waals surface area contributed by atoms with Gasteiger partial charge in [0, 0.05) is 12.5 Å². The molecule has 0 unspecified atom stereocenters. The molecule has 1 heterocycles. The number of amides is 3. The molecule has 1 saturated carbocycles. The van der Waals surface area contributed by atoms with Gasteiger partial charge >= 0.3 is 6.09 Å². The Bertz CT molecular complexity index is 507. The molecule has 3 atom stereocenters. The second kappa shape index (κ2) is 9.75. The zero-order chi connectivity index (χ0) is 19.1. The summed E-state index contributed by atoms with van der Waals surface area (Å²) in [6.07, 6.45) is 3.71. The molecule has 8 heteroatoms. The van der Waals surface area contributed by atoms with Gasteiger partial charge in [0.15, 0.2) is 0 Å². The number of alkyl carbamates (subject to hydrolysis) is 1. The Morgan fingerprint density at radius 2 is 2.00 bits per heavy atom. The third-order valence-electron chi connectivity index (χ3n) is 4.94. The third kappa shape index (κ3) is 6.16. The number of carbonyl (C=O) groups is 3. The number of aliphatic hydroxyl groups excluding tert-OH is 1. The fourth-order valence-electron chi connectivity index (χ4n) is 3.21. The molecule has 0 aromatic carbocycles. The Kier molecular flexibility index (Phi) is 7.68. The summed E-state index contributed by atoms with van der Waals surface area (Å²) in [5.74, 6) is -0.407. The van der Waals surface area contributed by atoms with Crippen molar-refractivity contribution >= 4 is 17.9 Å². The normalized spacial score (nSPS) is 22.3. The summed E-state index contributed by atoms with van der Waals surface area (Å²) in [6, 6.07) is -1.25. The predicted octanol–water partition coefficient (Wildman–Crippen LogP) is 0.683. The second-order valence-electron chi connectivity index (χ2n) is 7.69. The van der Waals surface area contributed by atoms with E-state index in [2.05, 4.69) is 16.0 Å². The molecule has 1 aliphatic carbocycles. The quantitative estimate of drug-likeness (QED) is 0.477. The molecular weight excluding hydrogens is 338 g/mol. The fourth-order valence-corrected chi connectivity index (χ4v) is 3.21. The summed E-state index contributed by atoms with van der Waals surface area (Å²) >= 11 is 0. The first-order chi connectivity index (χ1) is 12.4. The minimum absolute atomic E-state index is 0.0429. The van der Waals surface area contributed by atoms with E-state index in [0.717, 1.165) is 19.3 Å². The van der Waals surface area contributed by atoms with Gasteiger partial charge in [-0.2, -0.15) is 0 Å². The highest BCUT2D eigenvalue weighted by Gasteiger charge is 2.30. The van der Waals surface area contributed by atoms with Crippen molar-refractivity contribution in [2.75, 3.05) is 13.2 Å². The largest absolute Gasteiger partial charge is 0.446 e. The number of hydrogen-bond donors (Lipinski definition) is 4. The van der Waals surface area contributed by atoms with Crippen molar-refractivity contribution < 1.29 is 24.2 Å². The van der Waals surface area contributed by atoms with Gasteiger partial charge in [0.05, 0.1) is 12.6 Å². The fraction of sp³-hybridized carbons (Fsp3) is 0.833. The zero-order valence-electron chi connectivity index (χ0n) is 15.6. The van der Waals surface area contributed by atoms with Gasteiger partial charge in [-0.3, -0.25) is 9.59 Å². The zero-order valence-corrected chi connectivity index (χ0v) is 15.6. The Balaban J connectivity index is 1.88. The van der Waals surface area contributed by atoms with E-state index in [0.29, 0.717) is 25.8 Å². The smallest absolute Gasteiger partial charge is 0.408 e. The molecule has 8 nitrogen and oxygen atoms in total. The maximum Gasteiger partial charge on any atom is 0.408 e. The lowest BCUT2D eigenvalue weighted by Crippen LogP contribution is -2.52. The van der Waals surface area contributed by atoms with Crippen LogP contribution in [0.4, 0.5) is 4.79 Å². The molecule has 2 fully saturated rings. The van der Waals surface area contributed by atoms with Crippen molar-refractivity contribution in [1.29, 1.82) is 0 Å². The van der Waals surface area contributed by atoms with Gasteiger partial charge in [0.25, 0.3) is 0 Å². The number of carbonyl (C=O) groups excluding carboxylic acids is 3. The van der Waals surface area contributed by atoms with Crippen molar-refractivity contribution in [3.63, 3.8) is 0 Å². The van der Waals surface area contributed by atoms with Crippen LogP contribution in [0.2, 0.25) is 0 Å². The summed E-state index contributed by atoms with van der Waals surface area (Å²) in [5.41, 5.74) is 0. The molecule has 4 N–H and O–H groups in total. The van der Waals surface area contributed by atoms with Gasteiger partial charge in [0.2, 0.25) is 11.8 Å². The summed E-state index contributed by atoms with van der Waals surface area (Å²) in [6.45, 7) is 4.30. The van der Waals surface area contributed by atoms with E-state index in [4.69, 9.17) is 4.74 Å². The lowest BCUT2D eigenvalue weighted by molar-refractivity contribution is -0.126. The van der Waals surface area contributed by atoms with Gasteiger partial charge in [-0.15, -0.1) is 0 Å². The van der Waals surface area contributed by atoms with Crippen molar-refractivity contribution in [2.24, 2.45) is 11.8 Å². The van der Waals surface area contributed by atoms with Crippen molar-refractivity contribution in [2.45, 2.75) is 70.6 Å². The van der Waals surface area contributed by atoms with Crippen LogP contribution in [0.1, 0.15) is 52.4 Å². The second-order valence-corrected chi connectivity index (χ2v) is 7.69. The average molecular weight is 369 g/mol. The Morgan fingerprint density at radius 1 is 1.27 bits per heavy atom. The van der Waals surface area contributed by atoms with E-state index >= 15 is 0 Å². The highest BCUT2D eigenvalue weighted by Crippen LogP contribution is 2.22. The molecular formula is C18H31N3O5. The van der Waals surface area contributed by atoms with E-state index in [9.17, 15) is 19.5 Å². The lowest BCUT2D eigenvalue weighted by atomic mass is 9.96. The van der Waals surface area contributed by atoms with Crippen molar-refractivity contribution in [3.05, 3.63) is 0 Å². The van der Waals surface area contributed by atoms with Crippen LogP contribution >= 0.6 is 0 Å². The van der Waals surface area contributed by atoms with Crippen LogP contribution in [-0.4, -0.2) is 54.4 Å². The van der Waals surface area contributed by atoms with E-state index in [1.54, 1.807) is 0 Å². The first-order valence-electron chi connectivity index (χ1n) is 9.55. The molecule has 1 saturated heterocycles. The molecule has 0 radical (unpaired) electrons. The standard InChI is InChI=1S/C18H31N3O5/c1-11(2)8-15(21-18(25)26-14-4-3-5-14)17(24)20-13(10-22)9-12-6-7-19-16(12)23/h11-15,22H,3-10H2,1-2H3,(H,19,23)(H,20,24)(H,21,25)/t12-,13-,15-/m0/s1. The van der Waals surface area contributed by atoms with Gasteiger partial charge < -0.3 is 25.8 Å². The summed E-state index contributed by atoms with van der Waals surface area (Å²) in [7, 11) is 0. The summed E-state index contributed by atoms with van der Waals surface area (Å²) in [5, 5.41) is 17.7. The number of ether oxygens (including phenoxy) is 1. The van der Waals surface area contributed by atoms with Crippen molar-refractivity contribution in [3.8, 4) is 0 Å². The van der Waals surface area contributed by atoms with Gasteiger partial charge in [-0.05, 0) is 44.4 Å². The molecule has 0 aromatic rings. The van der Waals surface area contributed by atoms with E-state index in [1.807, 2.05) is 13.8 Å². The summed E-state index contributed by atoms with van der Waals surface area (Å²) < 4.78 is 5.27. The Labute approximate surface area is 154 Å². The number of aliphatic hydroxyl groups is 1. The topological polar surface area (TPSA) is 117 Å². The number of hydrogen-bond acceptors (Lipinski definition) is 5. The highest BCUT2D eigenvalue weighted by atomic mass is 16.6. The minimum Gasteiger partial charge on any atom is -0.446 e.